The molecule has 2 aromatic heterocycles. The molecule has 0 aliphatic heterocycles. The molecular weight excluding hydrogens is 327 g/mol. The Morgan fingerprint density at radius 1 is 1.29 bits per heavy atom. The Labute approximate surface area is 124 Å². The maximum atomic E-state index is 12.8. The summed E-state index contributed by atoms with van der Waals surface area (Å²) in [6, 6.07) is 7.04. The Bertz CT molecular complexity index is 807. The predicted octanol–water partition coefficient (Wildman–Crippen LogP) is 3.97. The number of alkyl halides is 3. The van der Waals surface area contributed by atoms with E-state index in [0.29, 0.717) is 5.52 Å². The largest absolute Gasteiger partial charge is 0.435 e. The first kappa shape index (κ1) is 14.0. The van der Waals surface area contributed by atoms with Gasteiger partial charge in [0.2, 0.25) is 5.13 Å². The Kier molecular flexibility index (Phi) is 3.22. The zero-order valence-corrected chi connectivity index (χ0v) is 11.6. The molecule has 2 heterocycles. The van der Waals surface area contributed by atoms with Crippen molar-refractivity contribution < 1.29 is 18.0 Å². The van der Waals surface area contributed by atoms with Crippen LogP contribution in [0, 0.1) is 0 Å². The first-order chi connectivity index (χ1) is 9.91. The van der Waals surface area contributed by atoms with Crippen LogP contribution in [0.25, 0.3) is 15.3 Å². The van der Waals surface area contributed by atoms with Gasteiger partial charge in [0.1, 0.15) is 5.15 Å². The summed E-state index contributed by atoms with van der Waals surface area (Å²) in [5.74, 6) is 0. The van der Waals surface area contributed by atoms with E-state index in [0.717, 1.165) is 20.7 Å². The lowest BCUT2D eigenvalue weighted by Crippen LogP contribution is -2.09. The van der Waals surface area contributed by atoms with Crippen molar-refractivity contribution in [3.05, 3.63) is 40.7 Å². The van der Waals surface area contributed by atoms with Crippen LogP contribution in [0.2, 0.25) is 5.15 Å². The Balaban J connectivity index is 2.23. The summed E-state index contributed by atoms with van der Waals surface area (Å²) in [4.78, 5) is 15.0. The van der Waals surface area contributed by atoms with Gasteiger partial charge in [0.05, 0.1) is 15.8 Å². The van der Waals surface area contributed by atoms with E-state index in [9.17, 15) is 18.0 Å². The van der Waals surface area contributed by atoms with E-state index in [1.807, 2.05) is 0 Å². The van der Waals surface area contributed by atoms with Gasteiger partial charge in [0, 0.05) is 0 Å². The normalized spacial score (nSPS) is 12.0. The molecule has 0 unspecified atom stereocenters. The number of aldehydes is 1. The minimum absolute atomic E-state index is 0.0436. The number of carbonyl (C=O) groups is 1. The number of benzene rings is 1. The first-order valence-corrected chi connectivity index (χ1v) is 6.78. The van der Waals surface area contributed by atoms with Crippen LogP contribution in [0.1, 0.15) is 16.1 Å². The van der Waals surface area contributed by atoms with E-state index in [1.54, 1.807) is 24.3 Å². The van der Waals surface area contributed by atoms with Crippen molar-refractivity contribution in [3.8, 4) is 5.13 Å². The molecule has 0 atom stereocenters. The fourth-order valence-corrected chi connectivity index (χ4v) is 3.03. The highest BCUT2D eigenvalue weighted by atomic mass is 35.5. The minimum atomic E-state index is -4.76. The number of aromatic nitrogens is 3. The second kappa shape index (κ2) is 4.81. The molecule has 0 saturated carbocycles. The van der Waals surface area contributed by atoms with Crippen molar-refractivity contribution in [1.29, 1.82) is 0 Å². The zero-order chi connectivity index (χ0) is 15.2. The van der Waals surface area contributed by atoms with Crippen LogP contribution in [0.4, 0.5) is 13.2 Å². The van der Waals surface area contributed by atoms with Crippen LogP contribution in [0.5, 0.6) is 0 Å². The quantitative estimate of drug-likeness (QED) is 0.668. The third-order valence-corrected chi connectivity index (χ3v) is 4.09. The highest BCUT2D eigenvalue weighted by molar-refractivity contribution is 7.20. The number of thiazole rings is 1. The lowest BCUT2D eigenvalue weighted by Gasteiger charge is -2.01. The fraction of sp³-hybridized carbons (Fsp3) is 0.0833. The second-order valence-electron chi connectivity index (χ2n) is 4.04. The second-order valence-corrected chi connectivity index (χ2v) is 5.41. The molecule has 21 heavy (non-hydrogen) atoms. The highest BCUT2D eigenvalue weighted by Gasteiger charge is 2.39. The summed E-state index contributed by atoms with van der Waals surface area (Å²) in [6.45, 7) is 0. The van der Waals surface area contributed by atoms with Gasteiger partial charge in [-0.3, -0.25) is 4.79 Å². The minimum Gasteiger partial charge on any atom is -0.298 e. The zero-order valence-electron chi connectivity index (χ0n) is 10.1. The van der Waals surface area contributed by atoms with Crippen LogP contribution in [-0.4, -0.2) is 21.1 Å². The molecule has 0 radical (unpaired) electrons. The Morgan fingerprint density at radius 3 is 2.57 bits per heavy atom. The Hall–Kier alpha value is -1.93. The molecule has 0 aliphatic rings. The number of fused-ring (bicyclic) bond motifs is 1. The molecule has 1 aromatic carbocycles. The van der Waals surface area contributed by atoms with Crippen molar-refractivity contribution in [1.82, 2.24) is 14.8 Å². The van der Waals surface area contributed by atoms with Crippen molar-refractivity contribution in [2.45, 2.75) is 6.18 Å². The van der Waals surface area contributed by atoms with Crippen molar-refractivity contribution in [3.63, 3.8) is 0 Å². The van der Waals surface area contributed by atoms with Crippen LogP contribution in [0.15, 0.2) is 24.3 Å². The van der Waals surface area contributed by atoms with Gasteiger partial charge >= 0.3 is 6.18 Å². The van der Waals surface area contributed by atoms with E-state index >= 15 is 0 Å². The summed E-state index contributed by atoms with van der Waals surface area (Å²) >= 11 is 6.96. The monoisotopic (exact) mass is 331 g/mol. The smallest absolute Gasteiger partial charge is 0.298 e. The van der Waals surface area contributed by atoms with Gasteiger partial charge in [-0.15, -0.1) is 0 Å². The lowest BCUT2D eigenvalue weighted by atomic mass is 10.3. The van der Waals surface area contributed by atoms with Crippen LogP contribution >= 0.6 is 22.9 Å². The van der Waals surface area contributed by atoms with Gasteiger partial charge in [0.25, 0.3) is 0 Å². The SMILES string of the molecule is O=Cc1c(C(F)(F)F)nn(-c2nc3ccccc3s2)c1Cl. The first-order valence-electron chi connectivity index (χ1n) is 5.58. The molecule has 108 valence electrons. The van der Waals surface area contributed by atoms with E-state index < -0.39 is 22.6 Å². The predicted molar refractivity (Wildman–Crippen MR) is 72.1 cm³/mol. The number of halogens is 4. The summed E-state index contributed by atoms with van der Waals surface area (Å²) in [6.07, 6.45) is -4.72. The third-order valence-electron chi connectivity index (χ3n) is 2.71. The molecule has 0 saturated heterocycles. The number of rotatable bonds is 2. The molecule has 3 aromatic rings. The van der Waals surface area contributed by atoms with Crippen LogP contribution in [0.3, 0.4) is 0 Å². The molecule has 0 spiro atoms. The topological polar surface area (TPSA) is 47.8 Å². The number of hydrogen-bond donors (Lipinski definition) is 0. The Morgan fingerprint density at radius 2 is 2.00 bits per heavy atom. The number of carbonyl (C=O) groups excluding carboxylic acids is 1. The molecule has 0 fully saturated rings. The highest BCUT2D eigenvalue weighted by Crippen LogP contribution is 2.35. The molecule has 3 rings (SSSR count). The number of nitrogens with zero attached hydrogens (tertiary/aromatic N) is 3. The van der Waals surface area contributed by atoms with Crippen LogP contribution in [-0.2, 0) is 6.18 Å². The number of para-hydroxylation sites is 1. The van der Waals surface area contributed by atoms with Crippen molar-refractivity contribution in [2.24, 2.45) is 0 Å². The third kappa shape index (κ3) is 2.30. The van der Waals surface area contributed by atoms with Gasteiger partial charge in [-0.25, -0.2) is 4.98 Å². The van der Waals surface area contributed by atoms with E-state index in [1.165, 1.54) is 0 Å². The van der Waals surface area contributed by atoms with Crippen molar-refractivity contribution >= 4 is 39.4 Å². The van der Waals surface area contributed by atoms with Gasteiger partial charge in [-0.05, 0) is 12.1 Å². The van der Waals surface area contributed by atoms with E-state index in [4.69, 9.17) is 11.6 Å². The van der Waals surface area contributed by atoms with Gasteiger partial charge in [-0.1, -0.05) is 35.1 Å². The summed E-state index contributed by atoms with van der Waals surface area (Å²) in [5.41, 5.74) is -1.39. The van der Waals surface area contributed by atoms with Gasteiger partial charge in [-0.2, -0.15) is 23.0 Å². The molecule has 9 heteroatoms. The molecule has 0 aliphatic carbocycles. The number of hydrogen-bond acceptors (Lipinski definition) is 4. The van der Waals surface area contributed by atoms with Gasteiger partial charge in [0.15, 0.2) is 12.0 Å². The van der Waals surface area contributed by atoms with Crippen LogP contribution < -0.4 is 0 Å². The van der Waals surface area contributed by atoms with E-state index in [2.05, 4.69) is 10.1 Å². The summed E-state index contributed by atoms with van der Waals surface area (Å²) in [7, 11) is 0. The molecular formula is C12H5ClF3N3OS. The lowest BCUT2D eigenvalue weighted by molar-refractivity contribution is -0.141. The fourth-order valence-electron chi connectivity index (χ4n) is 1.80. The summed E-state index contributed by atoms with van der Waals surface area (Å²) < 4.78 is 40.1. The average Bonchev–Trinajstić information content (AvgIpc) is 2.98. The molecule has 0 bridgehead atoms. The molecule has 4 nitrogen and oxygen atoms in total. The average molecular weight is 332 g/mol. The maximum absolute atomic E-state index is 12.8. The molecule has 0 N–H and O–H groups in total. The van der Waals surface area contributed by atoms with Gasteiger partial charge < -0.3 is 0 Å². The maximum Gasteiger partial charge on any atom is 0.435 e. The van der Waals surface area contributed by atoms with E-state index in [-0.39, 0.29) is 11.4 Å². The van der Waals surface area contributed by atoms with Crippen molar-refractivity contribution in [2.75, 3.05) is 0 Å². The molecule has 0 amide bonds. The summed E-state index contributed by atoms with van der Waals surface area (Å²) in [5, 5.41) is 3.15. The standard InChI is InChI=1S/C12H5ClF3N3OS/c13-10-6(5-20)9(12(14,15)16)18-19(10)11-17-7-3-1-2-4-8(7)21-11/h1-5H.